The van der Waals surface area contributed by atoms with Gasteiger partial charge in [-0.1, -0.05) is 18.2 Å². The van der Waals surface area contributed by atoms with Crippen LogP contribution in [0.3, 0.4) is 0 Å². The van der Waals surface area contributed by atoms with Gasteiger partial charge >= 0.3 is 0 Å². The van der Waals surface area contributed by atoms with E-state index in [4.69, 9.17) is 28.6 Å². The average molecular weight is 374 g/mol. The molecule has 23 heavy (non-hydrogen) atoms. The summed E-state index contributed by atoms with van der Waals surface area (Å²) in [6, 6.07) is 6.53. The van der Waals surface area contributed by atoms with E-state index < -0.39 is 21.3 Å². The van der Waals surface area contributed by atoms with Gasteiger partial charge in [0.1, 0.15) is 0 Å². The van der Waals surface area contributed by atoms with Crippen molar-refractivity contribution < 1.29 is 13.2 Å². The predicted octanol–water partition coefficient (Wildman–Crippen LogP) is 2.22. The lowest BCUT2D eigenvalue weighted by molar-refractivity contribution is 0.499. The van der Waals surface area contributed by atoms with Crippen LogP contribution < -0.4 is 10.1 Å². The first-order valence-electron chi connectivity index (χ1n) is 6.66. The number of fused-ring (bicyclic) bond motifs is 1. The number of alkyl halides is 1. The Morgan fingerprint density at radius 3 is 2.78 bits per heavy atom. The molecular formula is C13H12ClN3O4S2. The number of ether oxygens (including phenoxy) is 1. The number of aromatic amines is 1. The number of aromatic nitrogens is 1. The van der Waals surface area contributed by atoms with E-state index in [-0.39, 0.29) is 28.2 Å². The first-order chi connectivity index (χ1) is 10.9. The van der Waals surface area contributed by atoms with Crippen LogP contribution in [0.2, 0.25) is 0 Å². The van der Waals surface area contributed by atoms with Crippen LogP contribution in [0.5, 0.6) is 5.88 Å². The molecule has 2 unspecified atom stereocenters. The quantitative estimate of drug-likeness (QED) is 0.486. The molecule has 0 bridgehead atoms. The average Bonchev–Trinajstić information content (AvgIpc) is 2.94. The molecule has 3 rings (SSSR count). The summed E-state index contributed by atoms with van der Waals surface area (Å²) in [4.78, 5) is 14.0. The lowest BCUT2D eigenvalue weighted by Crippen LogP contribution is -2.42. The van der Waals surface area contributed by atoms with E-state index >= 15 is 0 Å². The highest BCUT2D eigenvalue weighted by Crippen LogP contribution is 2.35. The van der Waals surface area contributed by atoms with Crippen LogP contribution in [-0.4, -0.2) is 41.5 Å². The number of hydrogen-bond acceptors (Lipinski definition) is 6. The number of thiocarbonyl (C=S) groups is 1. The molecule has 0 aliphatic carbocycles. The molecule has 2 aromatic rings. The molecule has 10 heteroatoms. The van der Waals surface area contributed by atoms with Crippen molar-refractivity contribution in [3.63, 3.8) is 0 Å². The number of para-hydroxylation sites is 1. The van der Waals surface area contributed by atoms with Crippen molar-refractivity contribution in [2.45, 2.75) is 11.4 Å². The van der Waals surface area contributed by atoms with Crippen molar-refractivity contribution in [2.24, 2.45) is 5.18 Å². The summed E-state index contributed by atoms with van der Waals surface area (Å²) in [5.74, 6) is -0.121. The van der Waals surface area contributed by atoms with Gasteiger partial charge in [0.25, 0.3) is 5.17 Å². The molecule has 2 N–H and O–H groups in total. The molecule has 0 spiro atoms. The van der Waals surface area contributed by atoms with Crippen molar-refractivity contribution in [3.05, 3.63) is 29.2 Å². The molecule has 1 saturated heterocycles. The zero-order chi connectivity index (χ0) is 16.6. The van der Waals surface area contributed by atoms with Gasteiger partial charge < -0.3 is 15.0 Å². The highest BCUT2D eigenvalue weighted by Gasteiger charge is 2.37. The highest BCUT2D eigenvalue weighted by molar-refractivity contribution is 7.91. The third-order valence-electron chi connectivity index (χ3n) is 3.52. The van der Waals surface area contributed by atoms with E-state index in [1.54, 1.807) is 24.3 Å². The number of hydrogen-bond donors (Lipinski definition) is 2. The summed E-state index contributed by atoms with van der Waals surface area (Å²) < 4.78 is 28.5. The minimum absolute atomic E-state index is 0.0748. The number of rotatable bonds is 3. The Morgan fingerprint density at radius 1 is 1.39 bits per heavy atom. The molecule has 1 aromatic carbocycles. The summed E-state index contributed by atoms with van der Waals surface area (Å²) in [5, 5.41) is 5.67. The van der Waals surface area contributed by atoms with Gasteiger partial charge in [0.05, 0.1) is 28.4 Å². The zero-order valence-corrected chi connectivity index (χ0v) is 14.0. The minimum atomic E-state index is -3.18. The molecule has 1 fully saturated rings. The first kappa shape index (κ1) is 16.2. The Bertz CT molecular complexity index is 880. The number of benzene rings is 1. The summed E-state index contributed by atoms with van der Waals surface area (Å²) in [7, 11) is -3.18. The van der Waals surface area contributed by atoms with E-state index in [1.165, 1.54) is 0 Å². The van der Waals surface area contributed by atoms with Gasteiger partial charge in [0.2, 0.25) is 5.88 Å². The third kappa shape index (κ3) is 3.31. The van der Waals surface area contributed by atoms with Crippen LogP contribution >= 0.6 is 23.8 Å². The van der Waals surface area contributed by atoms with E-state index in [2.05, 4.69) is 15.5 Å². The standard InChI is InChI=1S/C13H12ClN3O4S2/c14-8-5-23(19,20)6-10(8)16-13(22)21-12-11(17-18)7-3-1-2-4-9(7)15-12/h1-4,8,10,15H,5-6H2,(H,16,22). The molecular weight excluding hydrogens is 362 g/mol. The number of nitroso groups, excluding NO2 is 1. The Hall–Kier alpha value is -1.71. The lowest BCUT2D eigenvalue weighted by atomic mass is 10.2. The van der Waals surface area contributed by atoms with Crippen LogP contribution in [0.1, 0.15) is 0 Å². The van der Waals surface area contributed by atoms with Crippen LogP contribution in [0.4, 0.5) is 5.69 Å². The number of halogens is 1. The van der Waals surface area contributed by atoms with Gasteiger partial charge in [-0.3, -0.25) is 0 Å². The molecule has 2 heterocycles. The Kier molecular flexibility index (Phi) is 4.26. The number of nitrogens with zero attached hydrogens (tertiary/aromatic N) is 1. The monoisotopic (exact) mass is 373 g/mol. The van der Waals surface area contributed by atoms with Crippen molar-refractivity contribution in [1.29, 1.82) is 0 Å². The van der Waals surface area contributed by atoms with Gasteiger partial charge in [-0.15, -0.1) is 16.5 Å². The lowest BCUT2D eigenvalue weighted by Gasteiger charge is -2.15. The van der Waals surface area contributed by atoms with E-state index in [0.29, 0.717) is 10.9 Å². The molecule has 1 aliphatic rings. The van der Waals surface area contributed by atoms with Crippen molar-refractivity contribution >= 4 is 55.4 Å². The SMILES string of the molecule is O=Nc1c(OC(=S)NC2CS(=O)(=O)CC2Cl)[nH]c2ccccc12. The molecule has 0 saturated carbocycles. The molecule has 122 valence electrons. The maximum Gasteiger partial charge on any atom is 0.263 e. The summed E-state index contributed by atoms with van der Waals surface area (Å²) in [6.07, 6.45) is 0. The summed E-state index contributed by atoms with van der Waals surface area (Å²) >= 11 is 11.1. The molecule has 7 nitrogen and oxygen atoms in total. The predicted molar refractivity (Wildman–Crippen MR) is 92.2 cm³/mol. The molecule has 0 radical (unpaired) electrons. The number of H-pyrrole nitrogens is 1. The Morgan fingerprint density at radius 2 is 2.13 bits per heavy atom. The second-order valence-electron chi connectivity index (χ2n) is 5.17. The normalized spacial score (nSPS) is 22.8. The smallest absolute Gasteiger partial charge is 0.263 e. The van der Waals surface area contributed by atoms with Gasteiger partial charge in [0, 0.05) is 5.39 Å². The van der Waals surface area contributed by atoms with E-state index in [0.717, 1.165) is 0 Å². The summed E-state index contributed by atoms with van der Waals surface area (Å²) in [6.45, 7) is 0. The second kappa shape index (κ2) is 6.06. The maximum absolute atomic E-state index is 11.5. The molecule has 2 atom stereocenters. The Balaban J connectivity index is 1.77. The van der Waals surface area contributed by atoms with Gasteiger partial charge in [0.15, 0.2) is 15.5 Å². The summed E-state index contributed by atoms with van der Waals surface area (Å²) in [5.41, 5.74) is 0.782. The molecule has 1 aromatic heterocycles. The van der Waals surface area contributed by atoms with Crippen LogP contribution in [0.15, 0.2) is 29.4 Å². The molecule has 0 amide bonds. The van der Waals surface area contributed by atoms with E-state index in [9.17, 15) is 13.3 Å². The largest absolute Gasteiger partial charge is 0.412 e. The van der Waals surface area contributed by atoms with Crippen LogP contribution in [-0.2, 0) is 9.84 Å². The van der Waals surface area contributed by atoms with Crippen molar-refractivity contribution in [2.75, 3.05) is 11.5 Å². The van der Waals surface area contributed by atoms with Crippen LogP contribution in [0, 0.1) is 4.91 Å². The van der Waals surface area contributed by atoms with Gasteiger partial charge in [-0.2, -0.15) is 0 Å². The first-order valence-corrected chi connectivity index (χ1v) is 9.33. The van der Waals surface area contributed by atoms with E-state index in [1.807, 2.05) is 0 Å². The fourth-order valence-corrected chi connectivity index (χ4v) is 5.26. The number of sulfone groups is 1. The Labute approximate surface area is 142 Å². The van der Waals surface area contributed by atoms with Gasteiger partial charge in [-0.25, -0.2) is 8.42 Å². The highest BCUT2D eigenvalue weighted by atomic mass is 35.5. The van der Waals surface area contributed by atoms with Crippen molar-refractivity contribution in [3.8, 4) is 5.88 Å². The third-order valence-corrected chi connectivity index (χ3v) is 6.09. The van der Waals surface area contributed by atoms with Crippen molar-refractivity contribution in [1.82, 2.24) is 10.3 Å². The zero-order valence-electron chi connectivity index (χ0n) is 11.7. The second-order valence-corrected chi connectivity index (χ2v) is 8.26. The fourth-order valence-electron chi connectivity index (χ4n) is 2.48. The minimum Gasteiger partial charge on any atom is -0.412 e. The maximum atomic E-state index is 11.5. The van der Waals surface area contributed by atoms with Gasteiger partial charge in [-0.05, 0) is 23.5 Å². The fraction of sp³-hybridized carbons (Fsp3) is 0.308. The molecule has 1 aliphatic heterocycles. The topological polar surface area (TPSA) is 101 Å². The number of nitrogens with one attached hydrogen (secondary N) is 2. The van der Waals surface area contributed by atoms with Crippen LogP contribution in [0.25, 0.3) is 10.9 Å².